The van der Waals surface area contributed by atoms with E-state index in [0.717, 1.165) is 19.3 Å². The van der Waals surface area contributed by atoms with E-state index in [1.54, 1.807) is 0 Å². The number of aliphatic hydroxyl groups excluding tert-OH is 4. The molecule has 0 aliphatic rings. The van der Waals surface area contributed by atoms with Crippen LogP contribution < -0.4 is 0 Å². The quantitative estimate of drug-likeness (QED) is 0.179. The second-order valence-corrected chi connectivity index (χ2v) is 7.34. The van der Waals surface area contributed by atoms with Crippen LogP contribution in [0.3, 0.4) is 0 Å². The third-order valence-corrected chi connectivity index (χ3v) is 4.90. The molecule has 160 valence electrons. The van der Waals surface area contributed by atoms with E-state index in [0.29, 0.717) is 6.42 Å². The van der Waals surface area contributed by atoms with Crippen molar-refractivity contribution < 1.29 is 35.1 Å². The Morgan fingerprint density at radius 3 is 1.48 bits per heavy atom. The minimum Gasteiger partial charge on any atom is -0.475 e. The number of carbonyl (C=O) groups is 2. The topological polar surface area (TPSA) is 135 Å². The Morgan fingerprint density at radius 2 is 1.07 bits per heavy atom. The van der Waals surface area contributed by atoms with E-state index in [2.05, 4.69) is 6.92 Å². The van der Waals surface area contributed by atoms with E-state index in [9.17, 15) is 30.0 Å². The number of carboxylic acid groups (broad SMARTS) is 1. The maximum absolute atomic E-state index is 11.1. The maximum Gasteiger partial charge on any atom is 0.375 e. The zero-order chi connectivity index (χ0) is 20.7. The van der Waals surface area contributed by atoms with Gasteiger partial charge in [0.2, 0.25) is 0 Å². The predicted octanol–water partition coefficient (Wildman–Crippen LogP) is 2.17. The molecule has 4 atom stereocenters. The number of carboxylic acids is 1. The van der Waals surface area contributed by atoms with Crippen LogP contribution in [0.2, 0.25) is 0 Å². The van der Waals surface area contributed by atoms with E-state index in [-0.39, 0.29) is 6.42 Å². The molecule has 0 fully saturated rings. The van der Waals surface area contributed by atoms with Crippen molar-refractivity contribution in [1.82, 2.24) is 0 Å². The Morgan fingerprint density at radius 1 is 0.667 bits per heavy atom. The lowest BCUT2D eigenvalue weighted by Gasteiger charge is -2.25. The number of aliphatic hydroxyl groups is 4. The molecule has 0 radical (unpaired) electrons. The van der Waals surface area contributed by atoms with Gasteiger partial charge in [0.1, 0.15) is 12.2 Å². The van der Waals surface area contributed by atoms with Crippen molar-refractivity contribution in [3.8, 4) is 0 Å². The normalized spacial score (nSPS) is 15.9. The van der Waals surface area contributed by atoms with Gasteiger partial charge in [-0.2, -0.15) is 0 Å². The number of hydrogen-bond acceptors (Lipinski definition) is 6. The molecule has 5 N–H and O–H groups in total. The number of unbranched alkanes of at least 4 members (excludes halogenated alkanes) is 11. The number of hydrogen-bond donors (Lipinski definition) is 5. The highest BCUT2D eigenvalue weighted by molar-refractivity contribution is 6.34. The first-order valence-corrected chi connectivity index (χ1v) is 10.3. The molecule has 0 aliphatic heterocycles. The Labute approximate surface area is 162 Å². The molecule has 27 heavy (non-hydrogen) atoms. The van der Waals surface area contributed by atoms with Crippen molar-refractivity contribution in [1.29, 1.82) is 0 Å². The van der Waals surface area contributed by atoms with Gasteiger partial charge in [-0.25, -0.2) is 4.79 Å². The number of ketones is 1. The highest BCUT2D eigenvalue weighted by atomic mass is 16.4. The van der Waals surface area contributed by atoms with Crippen LogP contribution in [-0.4, -0.2) is 61.7 Å². The summed E-state index contributed by atoms with van der Waals surface area (Å²) in [6, 6.07) is 0. The first kappa shape index (κ1) is 26.0. The molecule has 7 nitrogen and oxygen atoms in total. The lowest BCUT2D eigenvalue weighted by molar-refractivity contribution is -0.161. The Balaban J connectivity index is 3.71. The van der Waals surface area contributed by atoms with Gasteiger partial charge in [0.05, 0.1) is 6.10 Å². The molecule has 7 heteroatoms. The van der Waals surface area contributed by atoms with E-state index in [1.807, 2.05) is 0 Å². The van der Waals surface area contributed by atoms with Crippen molar-refractivity contribution in [3.63, 3.8) is 0 Å². The molecule has 0 spiro atoms. The molecule has 0 rings (SSSR count). The molecular formula is C20H38O7. The molecule has 0 saturated carbocycles. The summed E-state index contributed by atoms with van der Waals surface area (Å²) < 4.78 is 0. The van der Waals surface area contributed by atoms with Crippen molar-refractivity contribution in [2.24, 2.45) is 0 Å². The van der Waals surface area contributed by atoms with Crippen LogP contribution in [0.1, 0.15) is 90.4 Å². The van der Waals surface area contributed by atoms with Gasteiger partial charge < -0.3 is 25.5 Å². The largest absolute Gasteiger partial charge is 0.475 e. The van der Waals surface area contributed by atoms with Gasteiger partial charge in [0.25, 0.3) is 5.78 Å². The molecule has 1 unspecified atom stereocenters. The van der Waals surface area contributed by atoms with Crippen LogP contribution >= 0.6 is 0 Å². The number of aliphatic carboxylic acids is 1. The SMILES string of the molecule is CCCCCCCCCCCCCCC(O)[C@H](O)[C@@H](O)[C@H](O)C(=O)C(=O)O. The maximum atomic E-state index is 11.1. The van der Waals surface area contributed by atoms with Gasteiger partial charge in [-0.05, 0) is 6.42 Å². The fourth-order valence-corrected chi connectivity index (χ4v) is 3.06. The van der Waals surface area contributed by atoms with E-state index < -0.39 is 36.2 Å². The summed E-state index contributed by atoms with van der Waals surface area (Å²) in [5, 5.41) is 47.1. The van der Waals surface area contributed by atoms with Crippen LogP contribution in [0, 0.1) is 0 Å². The summed E-state index contributed by atoms with van der Waals surface area (Å²) in [4.78, 5) is 21.6. The monoisotopic (exact) mass is 390 g/mol. The van der Waals surface area contributed by atoms with Crippen molar-refractivity contribution in [2.45, 2.75) is 115 Å². The summed E-state index contributed by atoms with van der Waals surface area (Å²) in [6.45, 7) is 2.21. The standard InChI is InChI=1S/C20H38O7/c1-2-3-4-5-6-7-8-9-10-11-12-13-14-15(21)16(22)17(23)18(24)19(25)20(26)27/h15-18,21-24H,2-14H2,1H3,(H,26,27)/t15?,16-,17+,18-/m0/s1. The van der Waals surface area contributed by atoms with E-state index in [4.69, 9.17) is 5.11 Å². The van der Waals surface area contributed by atoms with Crippen LogP contribution in [-0.2, 0) is 9.59 Å². The van der Waals surface area contributed by atoms with Gasteiger partial charge in [-0.15, -0.1) is 0 Å². The van der Waals surface area contributed by atoms with E-state index in [1.165, 1.54) is 51.4 Å². The third kappa shape index (κ3) is 12.1. The van der Waals surface area contributed by atoms with Crippen LogP contribution in [0.5, 0.6) is 0 Å². The molecule has 0 bridgehead atoms. The molecule has 0 aliphatic carbocycles. The molecular weight excluding hydrogens is 352 g/mol. The van der Waals surface area contributed by atoms with Crippen molar-refractivity contribution in [3.05, 3.63) is 0 Å². The van der Waals surface area contributed by atoms with Crippen molar-refractivity contribution >= 4 is 11.8 Å². The minimum absolute atomic E-state index is 0.212. The summed E-state index contributed by atoms with van der Waals surface area (Å²) >= 11 is 0. The zero-order valence-corrected chi connectivity index (χ0v) is 16.6. The van der Waals surface area contributed by atoms with Crippen LogP contribution in [0.15, 0.2) is 0 Å². The first-order valence-electron chi connectivity index (χ1n) is 10.3. The number of Topliss-reactive ketones (excluding diaryl/α,β-unsaturated/α-hetero) is 1. The Kier molecular flexibility index (Phi) is 15.4. The zero-order valence-electron chi connectivity index (χ0n) is 16.6. The smallest absolute Gasteiger partial charge is 0.375 e. The minimum atomic E-state index is -2.26. The average molecular weight is 391 g/mol. The third-order valence-electron chi connectivity index (χ3n) is 4.90. The Hall–Kier alpha value is -1.02. The first-order chi connectivity index (χ1) is 12.8. The second-order valence-electron chi connectivity index (χ2n) is 7.34. The van der Waals surface area contributed by atoms with Gasteiger partial charge in [-0.3, -0.25) is 4.79 Å². The molecule has 0 aromatic carbocycles. The Bertz CT molecular complexity index is 400. The summed E-state index contributed by atoms with van der Waals surface area (Å²) in [6.07, 6.45) is 6.81. The molecule has 0 aromatic rings. The lowest BCUT2D eigenvalue weighted by atomic mass is 9.96. The lowest BCUT2D eigenvalue weighted by Crippen LogP contribution is -2.49. The highest BCUT2D eigenvalue weighted by Crippen LogP contribution is 2.15. The molecule has 0 heterocycles. The highest BCUT2D eigenvalue weighted by Gasteiger charge is 2.36. The molecule has 0 amide bonds. The van der Waals surface area contributed by atoms with E-state index >= 15 is 0 Å². The van der Waals surface area contributed by atoms with Crippen LogP contribution in [0.4, 0.5) is 0 Å². The summed E-state index contributed by atoms with van der Waals surface area (Å²) in [7, 11) is 0. The predicted molar refractivity (Wildman–Crippen MR) is 102 cm³/mol. The van der Waals surface area contributed by atoms with Gasteiger partial charge in [0.15, 0.2) is 6.10 Å². The number of rotatable bonds is 18. The van der Waals surface area contributed by atoms with Gasteiger partial charge in [-0.1, -0.05) is 84.0 Å². The molecule has 0 aromatic heterocycles. The number of carbonyl (C=O) groups excluding carboxylic acids is 1. The summed E-state index contributed by atoms with van der Waals surface area (Å²) in [5.41, 5.74) is 0. The fraction of sp³-hybridized carbons (Fsp3) is 0.900. The van der Waals surface area contributed by atoms with Gasteiger partial charge >= 0.3 is 5.97 Å². The van der Waals surface area contributed by atoms with Crippen LogP contribution in [0.25, 0.3) is 0 Å². The average Bonchev–Trinajstić information content (AvgIpc) is 2.66. The van der Waals surface area contributed by atoms with Gasteiger partial charge in [0, 0.05) is 0 Å². The molecule has 0 saturated heterocycles. The second kappa shape index (κ2) is 16.0. The fourth-order valence-electron chi connectivity index (χ4n) is 3.06. The summed E-state index contributed by atoms with van der Waals surface area (Å²) in [5.74, 6) is -3.51. The van der Waals surface area contributed by atoms with Crippen molar-refractivity contribution in [2.75, 3.05) is 0 Å².